The van der Waals surface area contributed by atoms with Gasteiger partial charge in [0.1, 0.15) is 18.9 Å². The van der Waals surface area contributed by atoms with Crippen LogP contribution in [0.2, 0.25) is 0 Å². The van der Waals surface area contributed by atoms with E-state index < -0.39 is 5.72 Å². The van der Waals surface area contributed by atoms with Crippen LogP contribution in [-0.2, 0) is 5.72 Å². The number of β-amino-alcohol motifs (C(OH)–C–C–N with tert-alkyl or cyclic N) is 1. The van der Waals surface area contributed by atoms with Crippen molar-refractivity contribution in [2.75, 3.05) is 31.2 Å². The second-order valence-electron chi connectivity index (χ2n) is 7.57. The number of rotatable bonds is 2. The van der Waals surface area contributed by atoms with Gasteiger partial charge in [0.15, 0.2) is 18.0 Å². The summed E-state index contributed by atoms with van der Waals surface area (Å²) in [6.45, 7) is 4.63. The Bertz CT molecular complexity index is 924. The lowest BCUT2D eigenvalue weighted by Crippen LogP contribution is -2.41. The smallest absolute Gasteiger partial charge is 0.271 e. The summed E-state index contributed by atoms with van der Waals surface area (Å²) in [5, 5.41) is 11.8. The number of hydrogen-bond acceptors (Lipinski definition) is 4. The quantitative estimate of drug-likeness (QED) is 0.831. The van der Waals surface area contributed by atoms with Crippen molar-refractivity contribution in [3.63, 3.8) is 0 Å². The molecule has 27 heavy (non-hydrogen) atoms. The van der Waals surface area contributed by atoms with E-state index in [1.54, 1.807) is 0 Å². The fourth-order valence-electron chi connectivity index (χ4n) is 4.52. The maximum Gasteiger partial charge on any atom is 0.271 e. The fourth-order valence-corrected chi connectivity index (χ4v) is 4.52. The summed E-state index contributed by atoms with van der Waals surface area (Å²) >= 11 is 0. The lowest BCUT2D eigenvalue weighted by atomic mass is 10.0. The molecule has 5 heteroatoms. The highest BCUT2D eigenvalue weighted by Gasteiger charge is 2.53. The van der Waals surface area contributed by atoms with Crippen molar-refractivity contribution in [2.24, 2.45) is 0 Å². The summed E-state index contributed by atoms with van der Waals surface area (Å²) in [7, 11) is 0. The van der Waals surface area contributed by atoms with E-state index in [0.29, 0.717) is 19.8 Å². The minimum Gasteiger partial charge on any atom is -0.486 e. The summed E-state index contributed by atoms with van der Waals surface area (Å²) in [6.07, 6.45) is 3.24. The molecule has 3 heterocycles. The van der Waals surface area contributed by atoms with Gasteiger partial charge in [-0.15, -0.1) is 0 Å². The molecule has 0 aliphatic carbocycles. The van der Waals surface area contributed by atoms with Crippen molar-refractivity contribution in [1.82, 2.24) is 0 Å². The Morgan fingerprint density at radius 3 is 2.70 bits per heavy atom. The van der Waals surface area contributed by atoms with Crippen molar-refractivity contribution < 1.29 is 19.2 Å². The Hall–Kier alpha value is -2.53. The van der Waals surface area contributed by atoms with Crippen molar-refractivity contribution in [3.8, 4) is 11.5 Å². The number of benzene rings is 2. The van der Waals surface area contributed by atoms with Crippen LogP contribution in [0.25, 0.3) is 0 Å². The van der Waals surface area contributed by atoms with Gasteiger partial charge in [-0.1, -0.05) is 18.2 Å². The highest BCUT2D eigenvalue weighted by atomic mass is 16.6. The summed E-state index contributed by atoms with van der Waals surface area (Å²) in [5.41, 5.74) is 2.20. The second kappa shape index (κ2) is 6.27. The number of amidine groups is 1. The van der Waals surface area contributed by atoms with Crippen LogP contribution in [0.15, 0.2) is 42.5 Å². The van der Waals surface area contributed by atoms with Crippen LogP contribution in [0.3, 0.4) is 0 Å². The Morgan fingerprint density at radius 1 is 1.04 bits per heavy atom. The van der Waals surface area contributed by atoms with Crippen LogP contribution >= 0.6 is 0 Å². The number of aliphatic hydroxyl groups is 1. The summed E-state index contributed by atoms with van der Waals surface area (Å²) < 4.78 is 13.6. The third kappa shape index (κ3) is 2.60. The molecule has 0 spiro atoms. The van der Waals surface area contributed by atoms with E-state index in [1.165, 1.54) is 17.1 Å². The van der Waals surface area contributed by atoms with Crippen molar-refractivity contribution in [1.29, 1.82) is 0 Å². The molecule has 0 saturated heterocycles. The zero-order valence-corrected chi connectivity index (χ0v) is 15.6. The Kier molecular flexibility index (Phi) is 3.86. The van der Waals surface area contributed by atoms with Gasteiger partial charge in [-0.3, -0.25) is 0 Å². The number of hydrogen-bond donors (Lipinski definition) is 1. The molecular formula is C22H25N2O3+. The van der Waals surface area contributed by atoms with E-state index in [0.717, 1.165) is 42.9 Å². The number of anilines is 1. The van der Waals surface area contributed by atoms with Gasteiger partial charge >= 0.3 is 0 Å². The molecule has 1 N–H and O–H groups in total. The molecule has 0 radical (unpaired) electrons. The molecule has 0 aromatic heterocycles. The predicted octanol–water partition coefficient (Wildman–Crippen LogP) is 3.03. The molecule has 0 bridgehead atoms. The number of ether oxygens (including phenoxy) is 2. The van der Waals surface area contributed by atoms with E-state index in [2.05, 4.69) is 40.7 Å². The van der Waals surface area contributed by atoms with Crippen molar-refractivity contribution in [2.45, 2.75) is 31.9 Å². The van der Waals surface area contributed by atoms with Gasteiger partial charge in [0.25, 0.3) is 11.6 Å². The van der Waals surface area contributed by atoms with Crippen LogP contribution in [0.5, 0.6) is 11.5 Å². The monoisotopic (exact) mass is 365 g/mol. The number of para-hydroxylation sites is 1. The predicted molar refractivity (Wildman–Crippen MR) is 104 cm³/mol. The topological polar surface area (TPSA) is 44.9 Å². The number of fused-ring (bicyclic) bond motifs is 1. The minimum absolute atomic E-state index is 0.521. The lowest BCUT2D eigenvalue weighted by molar-refractivity contribution is -0.661. The first-order chi connectivity index (χ1) is 13.2. The fraction of sp³-hybridized carbons (Fsp3) is 0.409. The van der Waals surface area contributed by atoms with Crippen LogP contribution in [-0.4, -0.2) is 41.8 Å². The van der Waals surface area contributed by atoms with E-state index >= 15 is 0 Å². The molecule has 5 rings (SSSR count). The first-order valence-corrected chi connectivity index (χ1v) is 9.76. The maximum atomic E-state index is 11.8. The molecule has 3 aliphatic rings. The molecule has 1 atom stereocenters. The van der Waals surface area contributed by atoms with Crippen LogP contribution in [0.4, 0.5) is 5.69 Å². The standard InChI is InChI=1S/C22H25N2O3/c1-16-6-2-3-7-18(16)23-15-22(25,24-11-5-4-8-21(23)24)17-9-10-19-20(14-17)27-13-12-26-19/h2-3,6-7,9-10,14,25H,4-5,8,11-13,15H2,1H3/q+1. The van der Waals surface area contributed by atoms with Gasteiger partial charge < -0.3 is 14.6 Å². The summed E-state index contributed by atoms with van der Waals surface area (Å²) in [4.78, 5) is 2.30. The van der Waals surface area contributed by atoms with Crippen molar-refractivity contribution in [3.05, 3.63) is 53.6 Å². The molecule has 0 amide bonds. The molecule has 5 nitrogen and oxygen atoms in total. The maximum absolute atomic E-state index is 11.8. The summed E-state index contributed by atoms with van der Waals surface area (Å²) in [6, 6.07) is 14.2. The third-order valence-electron chi connectivity index (χ3n) is 5.89. The largest absolute Gasteiger partial charge is 0.486 e. The van der Waals surface area contributed by atoms with E-state index in [-0.39, 0.29) is 0 Å². The van der Waals surface area contributed by atoms with E-state index in [1.807, 2.05) is 18.2 Å². The average Bonchev–Trinajstić information content (AvgIpc) is 3.02. The van der Waals surface area contributed by atoms with E-state index in [9.17, 15) is 5.11 Å². The van der Waals surface area contributed by atoms with Crippen molar-refractivity contribution >= 4 is 11.5 Å². The molecule has 0 fully saturated rings. The Labute approximate surface area is 159 Å². The summed E-state index contributed by atoms with van der Waals surface area (Å²) in [5.74, 6) is 2.69. The average molecular weight is 365 g/mol. The molecule has 0 saturated carbocycles. The first-order valence-electron chi connectivity index (χ1n) is 9.76. The van der Waals surface area contributed by atoms with Gasteiger partial charge in [0.2, 0.25) is 0 Å². The van der Waals surface area contributed by atoms with Crippen LogP contribution in [0, 0.1) is 6.92 Å². The molecule has 3 aliphatic heterocycles. The minimum atomic E-state index is -1.06. The van der Waals surface area contributed by atoms with Crippen LogP contribution < -0.4 is 14.4 Å². The molecule has 140 valence electrons. The molecule has 2 aromatic carbocycles. The first kappa shape index (κ1) is 16.6. The zero-order valence-electron chi connectivity index (χ0n) is 15.6. The van der Waals surface area contributed by atoms with Gasteiger partial charge in [0, 0.05) is 12.0 Å². The van der Waals surface area contributed by atoms with E-state index in [4.69, 9.17) is 9.47 Å². The lowest BCUT2D eigenvalue weighted by Gasteiger charge is -2.26. The van der Waals surface area contributed by atoms with Gasteiger partial charge in [-0.25, -0.2) is 9.48 Å². The third-order valence-corrected chi connectivity index (χ3v) is 5.89. The Morgan fingerprint density at radius 2 is 1.85 bits per heavy atom. The SMILES string of the molecule is Cc1ccccc1N1CC(O)(c2ccc3c(c2)OCCO3)[N+]2=C1CCCC2. The highest BCUT2D eigenvalue weighted by molar-refractivity contribution is 5.96. The van der Waals surface area contributed by atoms with Gasteiger partial charge in [0.05, 0.1) is 6.54 Å². The second-order valence-corrected chi connectivity index (χ2v) is 7.57. The highest BCUT2D eigenvalue weighted by Crippen LogP contribution is 2.40. The van der Waals surface area contributed by atoms with Crippen LogP contribution in [0.1, 0.15) is 30.4 Å². The molecular weight excluding hydrogens is 340 g/mol. The number of aryl methyl sites for hydroxylation is 1. The normalized spacial score (nSPS) is 24.1. The number of nitrogens with zero attached hydrogens (tertiary/aromatic N) is 2. The Balaban J connectivity index is 1.60. The molecule has 2 aromatic rings. The van der Waals surface area contributed by atoms with Gasteiger partial charge in [-0.05, 0) is 49.6 Å². The molecule has 1 unspecified atom stereocenters. The van der Waals surface area contributed by atoms with Gasteiger partial charge in [-0.2, -0.15) is 0 Å². The zero-order chi connectivity index (χ0) is 18.4.